The van der Waals surface area contributed by atoms with Crippen LogP contribution >= 0.6 is 0 Å². The van der Waals surface area contributed by atoms with Crippen molar-refractivity contribution in [2.24, 2.45) is 16.3 Å². The second-order valence-electron chi connectivity index (χ2n) is 7.58. The molecule has 1 rings (SSSR count). The average molecular weight is 332 g/mol. The van der Waals surface area contributed by atoms with E-state index in [1.807, 2.05) is 0 Å². The summed E-state index contributed by atoms with van der Waals surface area (Å²) in [6.45, 7) is 7.19. The van der Waals surface area contributed by atoms with Gasteiger partial charge in [-0.2, -0.15) is 0 Å². The van der Waals surface area contributed by atoms with E-state index in [-0.39, 0.29) is 11.2 Å². The van der Waals surface area contributed by atoms with Crippen molar-refractivity contribution in [2.45, 2.75) is 58.9 Å². The fraction of sp³-hybridized carbons (Fsp3) is 0.938. The van der Waals surface area contributed by atoms with E-state index in [1.165, 1.54) is 31.9 Å². The minimum absolute atomic E-state index is 0.0828. The summed E-state index contributed by atoms with van der Waals surface area (Å²) in [4.78, 5) is 4.30. The summed E-state index contributed by atoms with van der Waals surface area (Å²) in [6.07, 6.45) is 6.93. The molecule has 0 spiro atoms. The van der Waals surface area contributed by atoms with Gasteiger partial charge < -0.3 is 10.6 Å². The first kappa shape index (κ1) is 19.3. The zero-order chi connectivity index (χ0) is 16.8. The molecule has 1 aliphatic carbocycles. The Labute approximate surface area is 136 Å². The highest BCUT2D eigenvalue weighted by molar-refractivity contribution is 7.90. The van der Waals surface area contributed by atoms with Gasteiger partial charge in [0.2, 0.25) is 0 Å². The number of rotatable bonds is 6. The van der Waals surface area contributed by atoms with Crippen LogP contribution in [0.5, 0.6) is 0 Å². The first-order chi connectivity index (χ1) is 10.1. The first-order valence-corrected chi connectivity index (χ1v) is 10.3. The molecule has 130 valence electrons. The van der Waals surface area contributed by atoms with Crippen molar-refractivity contribution in [1.82, 2.24) is 10.6 Å². The summed E-state index contributed by atoms with van der Waals surface area (Å²) < 4.78 is 22.6. The lowest BCUT2D eigenvalue weighted by atomic mass is 9.87. The average Bonchev–Trinajstić information content (AvgIpc) is 2.41. The molecular weight excluding hydrogens is 298 g/mol. The lowest BCUT2D eigenvalue weighted by Gasteiger charge is -2.30. The number of hydrogen-bond acceptors (Lipinski definition) is 3. The van der Waals surface area contributed by atoms with Gasteiger partial charge in [0.15, 0.2) is 5.96 Å². The Morgan fingerprint density at radius 2 is 2.00 bits per heavy atom. The Morgan fingerprint density at radius 1 is 1.32 bits per heavy atom. The van der Waals surface area contributed by atoms with Gasteiger partial charge in [0.05, 0.1) is 5.75 Å². The maximum Gasteiger partial charge on any atom is 0.191 e. The Hall–Kier alpha value is -0.780. The highest BCUT2D eigenvalue weighted by atomic mass is 32.2. The van der Waals surface area contributed by atoms with Crippen LogP contribution in [-0.2, 0) is 9.84 Å². The van der Waals surface area contributed by atoms with Crippen LogP contribution in [-0.4, -0.2) is 46.0 Å². The molecule has 2 unspecified atom stereocenters. The van der Waals surface area contributed by atoms with Gasteiger partial charge in [-0.1, -0.05) is 33.6 Å². The van der Waals surface area contributed by atoms with E-state index >= 15 is 0 Å². The lowest BCUT2D eigenvalue weighted by Crippen LogP contribution is -2.47. The minimum atomic E-state index is -2.90. The Balaban J connectivity index is 2.42. The first-order valence-electron chi connectivity index (χ1n) is 8.26. The molecule has 0 aromatic heterocycles. The molecule has 2 atom stereocenters. The summed E-state index contributed by atoms with van der Waals surface area (Å²) in [5.74, 6) is 1.83. The topological polar surface area (TPSA) is 70.6 Å². The van der Waals surface area contributed by atoms with Crippen LogP contribution in [0.1, 0.15) is 52.9 Å². The van der Waals surface area contributed by atoms with E-state index in [9.17, 15) is 8.42 Å². The summed E-state index contributed by atoms with van der Waals surface area (Å²) in [7, 11) is -1.12. The van der Waals surface area contributed by atoms with E-state index in [2.05, 4.69) is 36.4 Å². The van der Waals surface area contributed by atoms with Gasteiger partial charge >= 0.3 is 0 Å². The number of sulfone groups is 1. The summed E-state index contributed by atoms with van der Waals surface area (Å²) >= 11 is 0. The monoisotopic (exact) mass is 331 g/mol. The Kier molecular flexibility index (Phi) is 7.16. The van der Waals surface area contributed by atoms with Crippen LogP contribution in [0.25, 0.3) is 0 Å². The van der Waals surface area contributed by atoms with Crippen molar-refractivity contribution in [3.63, 3.8) is 0 Å². The smallest absolute Gasteiger partial charge is 0.191 e. The van der Waals surface area contributed by atoms with Gasteiger partial charge in [0.25, 0.3) is 0 Å². The molecule has 0 aromatic rings. The molecule has 0 aromatic carbocycles. The van der Waals surface area contributed by atoms with Crippen LogP contribution in [0.3, 0.4) is 0 Å². The second kappa shape index (κ2) is 8.18. The molecule has 0 bridgehead atoms. The summed E-state index contributed by atoms with van der Waals surface area (Å²) in [5.41, 5.74) is -0.0828. The Bertz CT molecular complexity index is 472. The number of guanidine groups is 1. The van der Waals surface area contributed by atoms with Crippen LogP contribution in [0.15, 0.2) is 4.99 Å². The predicted molar refractivity (Wildman–Crippen MR) is 94.0 cm³/mol. The molecule has 6 heteroatoms. The third-order valence-corrected chi connectivity index (χ3v) is 5.33. The maximum atomic E-state index is 11.3. The normalized spacial score (nSPS) is 24.1. The third-order valence-electron chi connectivity index (χ3n) is 4.38. The SMILES string of the molecule is CN=C(NCC(C)(C)CCS(C)(=O)=O)NC1CCCC(C)C1. The molecule has 0 amide bonds. The van der Waals surface area contributed by atoms with E-state index in [1.54, 1.807) is 7.05 Å². The van der Waals surface area contributed by atoms with Crippen molar-refractivity contribution >= 4 is 15.8 Å². The van der Waals surface area contributed by atoms with Gasteiger partial charge in [-0.25, -0.2) is 8.42 Å². The molecule has 0 radical (unpaired) electrons. The van der Waals surface area contributed by atoms with E-state index in [0.29, 0.717) is 19.0 Å². The van der Waals surface area contributed by atoms with E-state index in [4.69, 9.17) is 0 Å². The van der Waals surface area contributed by atoms with Crippen molar-refractivity contribution in [1.29, 1.82) is 0 Å². The molecule has 5 nitrogen and oxygen atoms in total. The number of aliphatic imine (C=N–C) groups is 1. The molecule has 0 aliphatic heterocycles. The van der Waals surface area contributed by atoms with Gasteiger partial charge in [0.1, 0.15) is 9.84 Å². The largest absolute Gasteiger partial charge is 0.356 e. The van der Waals surface area contributed by atoms with Crippen LogP contribution in [0.4, 0.5) is 0 Å². The number of nitrogens with zero attached hydrogens (tertiary/aromatic N) is 1. The molecule has 1 aliphatic rings. The standard InChI is InChI=1S/C16H33N3O2S/c1-13-7-6-8-14(11-13)19-15(17-4)18-12-16(2,3)9-10-22(5,20)21/h13-14H,6-12H2,1-5H3,(H2,17,18,19). The molecule has 1 saturated carbocycles. The fourth-order valence-corrected chi connectivity index (χ4v) is 3.75. The number of nitrogens with one attached hydrogen (secondary N) is 2. The van der Waals surface area contributed by atoms with Crippen LogP contribution in [0, 0.1) is 11.3 Å². The number of hydrogen-bond donors (Lipinski definition) is 2. The Morgan fingerprint density at radius 3 is 2.55 bits per heavy atom. The van der Waals surface area contributed by atoms with Gasteiger partial charge in [0, 0.05) is 25.9 Å². The zero-order valence-electron chi connectivity index (χ0n) is 14.8. The maximum absolute atomic E-state index is 11.3. The summed E-state index contributed by atoms with van der Waals surface area (Å²) in [6, 6.07) is 0.495. The molecule has 0 saturated heterocycles. The summed E-state index contributed by atoms with van der Waals surface area (Å²) in [5, 5.41) is 6.85. The predicted octanol–water partition coefficient (Wildman–Crippen LogP) is 2.19. The van der Waals surface area contributed by atoms with Crippen molar-refractivity contribution in [3.05, 3.63) is 0 Å². The quantitative estimate of drug-likeness (QED) is 0.578. The molecule has 0 heterocycles. The van der Waals surface area contributed by atoms with Crippen LogP contribution < -0.4 is 10.6 Å². The lowest BCUT2D eigenvalue weighted by molar-refractivity contribution is 0.319. The fourth-order valence-electron chi connectivity index (χ4n) is 2.83. The van der Waals surface area contributed by atoms with E-state index < -0.39 is 9.84 Å². The van der Waals surface area contributed by atoms with Crippen molar-refractivity contribution in [3.8, 4) is 0 Å². The van der Waals surface area contributed by atoms with Gasteiger partial charge in [-0.3, -0.25) is 4.99 Å². The van der Waals surface area contributed by atoms with Gasteiger partial charge in [-0.15, -0.1) is 0 Å². The van der Waals surface area contributed by atoms with Gasteiger partial charge in [-0.05, 0) is 30.6 Å². The molecule has 22 heavy (non-hydrogen) atoms. The highest BCUT2D eigenvalue weighted by Crippen LogP contribution is 2.23. The second-order valence-corrected chi connectivity index (χ2v) is 9.84. The van der Waals surface area contributed by atoms with Crippen LogP contribution in [0.2, 0.25) is 0 Å². The highest BCUT2D eigenvalue weighted by Gasteiger charge is 2.22. The molecular formula is C16H33N3O2S. The molecule has 1 fully saturated rings. The van der Waals surface area contributed by atoms with Crippen molar-refractivity contribution < 1.29 is 8.42 Å². The van der Waals surface area contributed by atoms with E-state index in [0.717, 1.165) is 11.9 Å². The minimum Gasteiger partial charge on any atom is -0.356 e. The zero-order valence-corrected chi connectivity index (χ0v) is 15.6. The third kappa shape index (κ3) is 8.01. The van der Waals surface area contributed by atoms with Crippen molar-refractivity contribution in [2.75, 3.05) is 25.6 Å². The molecule has 2 N–H and O–H groups in total.